The molecular formula is C13H23N3. The predicted octanol–water partition coefficient (Wildman–Crippen LogP) is 3.00. The fourth-order valence-electron chi connectivity index (χ4n) is 1.74. The van der Waals surface area contributed by atoms with Gasteiger partial charge in [-0.15, -0.1) is 0 Å². The summed E-state index contributed by atoms with van der Waals surface area (Å²) in [5.74, 6) is 0. The van der Waals surface area contributed by atoms with Gasteiger partial charge in [0.25, 0.3) is 0 Å². The molecule has 1 rings (SSSR count). The number of pyridine rings is 1. The Kier molecular flexibility index (Phi) is 4.16. The molecule has 1 N–H and O–H groups in total. The van der Waals surface area contributed by atoms with Crippen molar-refractivity contribution in [2.75, 3.05) is 30.4 Å². The van der Waals surface area contributed by atoms with Crippen molar-refractivity contribution in [3.05, 3.63) is 18.5 Å². The van der Waals surface area contributed by atoms with Gasteiger partial charge in [-0.3, -0.25) is 4.98 Å². The van der Waals surface area contributed by atoms with Crippen LogP contribution in [0.3, 0.4) is 0 Å². The third-order valence-electron chi connectivity index (χ3n) is 2.26. The highest BCUT2D eigenvalue weighted by molar-refractivity contribution is 5.55. The molecule has 0 aliphatic heterocycles. The van der Waals surface area contributed by atoms with E-state index in [1.807, 2.05) is 12.4 Å². The van der Waals surface area contributed by atoms with E-state index in [1.165, 1.54) is 0 Å². The van der Waals surface area contributed by atoms with Crippen LogP contribution in [0.2, 0.25) is 0 Å². The van der Waals surface area contributed by atoms with E-state index in [0.717, 1.165) is 24.5 Å². The molecule has 0 aliphatic carbocycles. The molecule has 1 aromatic rings. The molecule has 1 heterocycles. The Hall–Kier alpha value is -1.25. The van der Waals surface area contributed by atoms with Crippen LogP contribution in [0, 0.1) is 5.41 Å². The van der Waals surface area contributed by atoms with Crippen molar-refractivity contribution >= 4 is 11.4 Å². The molecule has 0 unspecified atom stereocenters. The molecule has 0 aliphatic rings. The van der Waals surface area contributed by atoms with Gasteiger partial charge in [-0.05, 0) is 18.4 Å². The maximum atomic E-state index is 4.25. The summed E-state index contributed by atoms with van der Waals surface area (Å²) in [7, 11) is 2.11. The number of hydrogen-bond donors (Lipinski definition) is 1. The van der Waals surface area contributed by atoms with Gasteiger partial charge in [-0.25, -0.2) is 0 Å². The predicted molar refractivity (Wildman–Crippen MR) is 71.1 cm³/mol. The van der Waals surface area contributed by atoms with Gasteiger partial charge < -0.3 is 10.2 Å². The molecule has 1 aromatic heterocycles. The second kappa shape index (κ2) is 5.19. The molecule has 0 fully saturated rings. The van der Waals surface area contributed by atoms with E-state index in [2.05, 4.69) is 56.0 Å². The first-order chi connectivity index (χ1) is 7.42. The summed E-state index contributed by atoms with van der Waals surface area (Å²) >= 11 is 0. The Morgan fingerprint density at radius 1 is 1.31 bits per heavy atom. The van der Waals surface area contributed by atoms with Crippen molar-refractivity contribution < 1.29 is 0 Å². The minimum atomic E-state index is 0.295. The molecule has 0 saturated heterocycles. The van der Waals surface area contributed by atoms with Gasteiger partial charge in [0.2, 0.25) is 0 Å². The second-order valence-corrected chi connectivity index (χ2v) is 5.38. The lowest BCUT2D eigenvalue weighted by Crippen LogP contribution is -2.29. The lowest BCUT2D eigenvalue weighted by Gasteiger charge is -2.28. The van der Waals surface area contributed by atoms with Crippen molar-refractivity contribution in [1.82, 2.24) is 4.98 Å². The average molecular weight is 221 g/mol. The molecule has 0 spiro atoms. The highest BCUT2D eigenvalue weighted by atomic mass is 15.1. The van der Waals surface area contributed by atoms with Gasteiger partial charge >= 0.3 is 0 Å². The Labute approximate surface area is 98.9 Å². The van der Waals surface area contributed by atoms with Gasteiger partial charge in [0.1, 0.15) is 0 Å². The van der Waals surface area contributed by atoms with Crippen molar-refractivity contribution in [1.29, 1.82) is 0 Å². The molecule has 0 amide bonds. The lowest BCUT2D eigenvalue weighted by molar-refractivity contribution is 0.419. The van der Waals surface area contributed by atoms with Crippen LogP contribution in [0.1, 0.15) is 27.7 Å². The summed E-state index contributed by atoms with van der Waals surface area (Å²) < 4.78 is 0. The van der Waals surface area contributed by atoms with E-state index < -0.39 is 0 Å². The van der Waals surface area contributed by atoms with Gasteiger partial charge in [0.15, 0.2) is 0 Å². The molecule has 3 nitrogen and oxygen atoms in total. The Bertz CT molecular complexity index is 328. The van der Waals surface area contributed by atoms with Crippen LogP contribution in [0.5, 0.6) is 0 Å². The van der Waals surface area contributed by atoms with Crippen molar-refractivity contribution in [2.24, 2.45) is 5.41 Å². The van der Waals surface area contributed by atoms with Crippen molar-refractivity contribution in [3.63, 3.8) is 0 Å². The molecule has 3 heteroatoms. The third kappa shape index (κ3) is 4.09. The summed E-state index contributed by atoms with van der Waals surface area (Å²) in [5.41, 5.74) is 2.54. The number of aromatic nitrogens is 1. The molecule has 0 bridgehead atoms. The number of rotatable bonds is 4. The zero-order valence-corrected chi connectivity index (χ0v) is 11.0. The van der Waals surface area contributed by atoms with E-state index in [1.54, 1.807) is 0 Å². The summed E-state index contributed by atoms with van der Waals surface area (Å²) in [5, 5.41) is 3.28. The zero-order chi connectivity index (χ0) is 12.2. The van der Waals surface area contributed by atoms with E-state index in [0.29, 0.717) is 5.41 Å². The SMILES string of the molecule is CCNc1cncc(N(C)CC(C)(C)C)c1. The van der Waals surface area contributed by atoms with E-state index in [9.17, 15) is 0 Å². The first kappa shape index (κ1) is 12.8. The molecule has 90 valence electrons. The van der Waals surface area contributed by atoms with Crippen LogP contribution < -0.4 is 10.2 Å². The molecule has 0 aromatic carbocycles. The van der Waals surface area contributed by atoms with Gasteiger partial charge in [-0.2, -0.15) is 0 Å². The van der Waals surface area contributed by atoms with Crippen LogP contribution in [-0.2, 0) is 0 Å². The fourth-order valence-corrected chi connectivity index (χ4v) is 1.74. The lowest BCUT2D eigenvalue weighted by atomic mass is 9.96. The van der Waals surface area contributed by atoms with Crippen LogP contribution in [0.15, 0.2) is 18.5 Å². The minimum Gasteiger partial charge on any atom is -0.384 e. The van der Waals surface area contributed by atoms with Crippen molar-refractivity contribution in [2.45, 2.75) is 27.7 Å². The van der Waals surface area contributed by atoms with Crippen LogP contribution in [0.4, 0.5) is 11.4 Å². The molecule has 16 heavy (non-hydrogen) atoms. The maximum absolute atomic E-state index is 4.25. The Balaban J connectivity index is 2.75. The maximum Gasteiger partial charge on any atom is 0.0571 e. The average Bonchev–Trinajstić information content (AvgIpc) is 2.16. The molecular weight excluding hydrogens is 198 g/mol. The van der Waals surface area contributed by atoms with Gasteiger partial charge in [0.05, 0.1) is 23.8 Å². The first-order valence-corrected chi connectivity index (χ1v) is 5.82. The second-order valence-electron chi connectivity index (χ2n) is 5.38. The van der Waals surface area contributed by atoms with Crippen LogP contribution >= 0.6 is 0 Å². The normalized spacial score (nSPS) is 11.3. The smallest absolute Gasteiger partial charge is 0.0571 e. The van der Waals surface area contributed by atoms with E-state index in [-0.39, 0.29) is 0 Å². The summed E-state index contributed by atoms with van der Waals surface area (Å²) in [4.78, 5) is 6.49. The summed E-state index contributed by atoms with van der Waals surface area (Å²) in [6.45, 7) is 10.8. The topological polar surface area (TPSA) is 28.2 Å². The summed E-state index contributed by atoms with van der Waals surface area (Å²) in [6.07, 6.45) is 3.77. The molecule has 0 atom stereocenters. The monoisotopic (exact) mass is 221 g/mol. The molecule has 0 radical (unpaired) electrons. The van der Waals surface area contributed by atoms with E-state index >= 15 is 0 Å². The standard InChI is InChI=1S/C13H23N3/c1-6-15-11-7-12(9-14-8-11)16(5)10-13(2,3)4/h7-9,15H,6,10H2,1-5H3. The number of anilines is 2. The molecule has 0 saturated carbocycles. The van der Waals surface area contributed by atoms with Crippen LogP contribution in [0.25, 0.3) is 0 Å². The highest BCUT2D eigenvalue weighted by Crippen LogP contribution is 2.21. The van der Waals surface area contributed by atoms with Gasteiger partial charge in [0, 0.05) is 20.1 Å². The third-order valence-corrected chi connectivity index (χ3v) is 2.26. The van der Waals surface area contributed by atoms with Crippen LogP contribution in [-0.4, -0.2) is 25.1 Å². The number of hydrogen-bond acceptors (Lipinski definition) is 3. The Morgan fingerprint density at radius 2 is 2.00 bits per heavy atom. The highest BCUT2D eigenvalue weighted by Gasteiger charge is 2.14. The van der Waals surface area contributed by atoms with E-state index in [4.69, 9.17) is 0 Å². The van der Waals surface area contributed by atoms with Crippen molar-refractivity contribution in [3.8, 4) is 0 Å². The first-order valence-electron chi connectivity index (χ1n) is 5.82. The largest absolute Gasteiger partial charge is 0.384 e. The minimum absolute atomic E-state index is 0.295. The Morgan fingerprint density at radius 3 is 2.56 bits per heavy atom. The number of nitrogens with one attached hydrogen (secondary N) is 1. The quantitative estimate of drug-likeness (QED) is 0.847. The zero-order valence-electron chi connectivity index (χ0n) is 11.0. The summed E-state index contributed by atoms with van der Waals surface area (Å²) in [6, 6.07) is 2.14. The van der Waals surface area contributed by atoms with Gasteiger partial charge in [-0.1, -0.05) is 20.8 Å². The number of nitrogens with zero attached hydrogens (tertiary/aromatic N) is 2. The fraction of sp³-hybridized carbons (Fsp3) is 0.615.